The summed E-state index contributed by atoms with van der Waals surface area (Å²) in [6.45, 7) is 8.18. The molecule has 0 aliphatic heterocycles. The van der Waals surface area contributed by atoms with Gasteiger partial charge >= 0.3 is 0 Å². The van der Waals surface area contributed by atoms with E-state index in [9.17, 15) is 4.79 Å². The Morgan fingerprint density at radius 2 is 1.84 bits per heavy atom. The summed E-state index contributed by atoms with van der Waals surface area (Å²) < 4.78 is 0. The van der Waals surface area contributed by atoms with E-state index in [0.29, 0.717) is 6.42 Å². The molecule has 0 aliphatic carbocycles. The van der Waals surface area contributed by atoms with Crippen LogP contribution < -0.4 is 11.1 Å². The standard InChI is InChI=1S/C16H26N2O/c1-12(10-13-8-6-5-7-9-13)18-15(19)11-14(17)16(2,3)4/h5-9,12,14H,10-11,17H2,1-4H3,(H,18,19). The Morgan fingerprint density at radius 3 is 2.37 bits per heavy atom. The second-order valence-corrected chi connectivity index (χ2v) is 6.33. The summed E-state index contributed by atoms with van der Waals surface area (Å²) in [7, 11) is 0. The van der Waals surface area contributed by atoms with E-state index >= 15 is 0 Å². The lowest BCUT2D eigenvalue weighted by atomic mass is 9.85. The van der Waals surface area contributed by atoms with Crippen LogP contribution in [0.1, 0.15) is 39.7 Å². The molecule has 0 spiro atoms. The van der Waals surface area contributed by atoms with Crippen molar-refractivity contribution in [2.24, 2.45) is 11.1 Å². The van der Waals surface area contributed by atoms with Gasteiger partial charge in [-0.2, -0.15) is 0 Å². The van der Waals surface area contributed by atoms with Crippen LogP contribution in [0.4, 0.5) is 0 Å². The van der Waals surface area contributed by atoms with Crippen LogP contribution in [-0.2, 0) is 11.2 Å². The predicted molar refractivity (Wildman–Crippen MR) is 79.8 cm³/mol. The average Bonchev–Trinajstić information content (AvgIpc) is 2.28. The summed E-state index contributed by atoms with van der Waals surface area (Å²) in [5, 5.41) is 3.01. The maximum atomic E-state index is 11.9. The number of nitrogens with two attached hydrogens (primary N) is 1. The lowest BCUT2D eigenvalue weighted by molar-refractivity contribution is -0.122. The number of amides is 1. The first-order chi connectivity index (χ1) is 8.79. The summed E-state index contributed by atoms with van der Waals surface area (Å²) in [5.41, 5.74) is 7.21. The number of rotatable bonds is 5. The summed E-state index contributed by atoms with van der Waals surface area (Å²) in [4.78, 5) is 11.9. The van der Waals surface area contributed by atoms with Gasteiger partial charge in [-0.1, -0.05) is 51.1 Å². The zero-order chi connectivity index (χ0) is 14.5. The molecule has 1 rings (SSSR count). The summed E-state index contributed by atoms with van der Waals surface area (Å²) in [5.74, 6) is 0.0332. The molecule has 3 heteroatoms. The Bertz CT molecular complexity index is 395. The molecule has 0 saturated carbocycles. The summed E-state index contributed by atoms with van der Waals surface area (Å²) >= 11 is 0. The molecule has 2 unspecified atom stereocenters. The molecule has 3 nitrogen and oxygen atoms in total. The third kappa shape index (κ3) is 5.88. The molecule has 3 N–H and O–H groups in total. The normalized spacial score (nSPS) is 14.8. The molecule has 1 amide bonds. The van der Waals surface area contributed by atoms with Crippen LogP contribution in [-0.4, -0.2) is 18.0 Å². The van der Waals surface area contributed by atoms with Gasteiger partial charge in [0.2, 0.25) is 5.91 Å². The van der Waals surface area contributed by atoms with Gasteiger partial charge in [-0.25, -0.2) is 0 Å². The average molecular weight is 262 g/mol. The van der Waals surface area contributed by atoms with Crippen LogP contribution in [0.15, 0.2) is 30.3 Å². The van der Waals surface area contributed by atoms with E-state index in [1.165, 1.54) is 5.56 Å². The van der Waals surface area contributed by atoms with Gasteiger partial charge in [0.1, 0.15) is 0 Å². The smallest absolute Gasteiger partial charge is 0.221 e. The molecule has 0 bridgehead atoms. The lowest BCUT2D eigenvalue weighted by Gasteiger charge is -2.27. The van der Waals surface area contributed by atoms with Gasteiger partial charge in [-0.15, -0.1) is 0 Å². The Kier molecular flexibility index (Phi) is 5.55. The Morgan fingerprint density at radius 1 is 1.26 bits per heavy atom. The molecule has 0 aromatic heterocycles. The van der Waals surface area contributed by atoms with Crippen LogP contribution in [0.2, 0.25) is 0 Å². The van der Waals surface area contributed by atoms with Gasteiger partial charge in [-0.3, -0.25) is 4.79 Å². The van der Waals surface area contributed by atoms with Crippen molar-refractivity contribution in [3.63, 3.8) is 0 Å². The highest BCUT2D eigenvalue weighted by Gasteiger charge is 2.23. The quantitative estimate of drug-likeness (QED) is 0.856. The highest BCUT2D eigenvalue weighted by atomic mass is 16.1. The van der Waals surface area contributed by atoms with Crippen LogP contribution >= 0.6 is 0 Å². The molecular formula is C16H26N2O. The fraction of sp³-hybridized carbons (Fsp3) is 0.562. The molecular weight excluding hydrogens is 236 g/mol. The second kappa shape index (κ2) is 6.71. The van der Waals surface area contributed by atoms with E-state index in [2.05, 4.69) is 38.2 Å². The minimum atomic E-state index is -0.114. The van der Waals surface area contributed by atoms with Gasteiger partial charge < -0.3 is 11.1 Å². The van der Waals surface area contributed by atoms with Crippen molar-refractivity contribution in [1.82, 2.24) is 5.32 Å². The highest BCUT2D eigenvalue weighted by Crippen LogP contribution is 2.19. The van der Waals surface area contributed by atoms with Crippen LogP contribution in [0.5, 0.6) is 0 Å². The predicted octanol–water partition coefficient (Wildman–Crippen LogP) is 2.50. The van der Waals surface area contributed by atoms with Crippen molar-refractivity contribution in [3.8, 4) is 0 Å². The van der Waals surface area contributed by atoms with Crippen molar-refractivity contribution < 1.29 is 4.79 Å². The number of hydrogen-bond donors (Lipinski definition) is 2. The van der Waals surface area contributed by atoms with Gasteiger partial charge in [0, 0.05) is 18.5 Å². The minimum absolute atomic E-state index is 0.0332. The summed E-state index contributed by atoms with van der Waals surface area (Å²) in [6, 6.07) is 10.2. The van der Waals surface area contributed by atoms with Crippen molar-refractivity contribution >= 4 is 5.91 Å². The third-order valence-electron chi connectivity index (χ3n) is 3.31. The first-order valence-corrected chi connectivity index (χ1v) is 6.88. The molecule has 19 heavy (non-hydrogen) atoms. The van der Waals surface area contributed by atoms with Crippen molar-refractivity contribution in [3.05, 3.63) is 35.9 Å². The molecule has 1 aromatic carbocycles. The van der Waals surface area contributed by atoms with E-state index < -0.39 is 0 Å². The van der Waals surface area contributed by atoms with E-state index in [1.807, 2.05) is 25.1 Å². The monoisotopic (exact) mass is 262 g/mol. The van der Waals surface area contributed by atoms with E-state index in [1.54, 1.807) is 0 Å². The SMILES string of the molecule is CC(Cc1ccccc1)NC(=O)CC(N)C(C)(C)C. The van der Waals surface area contributed by atoms with E-state index in [-0.39, 0.29) is 23.4 Å². The molecule has 0 heterocycles. The van der Waals surface area contributed by atoms with E-state index in [0.717, 1.165) is 6.42 Å². The number of carbonyl (C=O) groups excluding carboxylic acids is 1. The molecule has 0 saturated heterocycles. The Hall–Kier alpha value is -1.35. The van der Waals surface area contributed by atoms with Crippen LogP contribution in [0.25, 0.3) is 0 Å². The first kappa shape index (κ1) is 15.7. The molecule has 0 aliphatic rings. The van der Waals surface area contributed by atoms with Gasteiger partial charge in [0.25, 0.3) is 0 Å². The third-order valence-corrected chi connectivity index (χ3v) is 3.31. The largest absolute Gasteiger partial charge is 0.353 e. The van der Waals surface area contributed by atoms with Gasteiger partial charge in [0.05, 0.1) is 0 Å². The van der Waals surface area contributed by atoms with Gasteiger partial charge in [0.15, 0.2) is 0 Å². The molecule has 0 radical (unpaired) electrons. The molecule has 0 fully saturated rings. The van der Waals surface area contributed by atoms with Crippen molar-refractivity contribution in [2.45, 2.75) is 52.6 Å². The maximum Gasteiger partial charge on any atom is 0.221 e. The lowest BCUT2D eigenvalue weighted by Crippen LogP contribution is -2.42. The van der Waals surface area contributed by atoms with Crippen LogP contribution in [0, 0.1) is 5.41 Å². The number of carbonyl (C=O) groups is 1. The maximum absolute atomic E-state index is 11.9. The molecule has 1 aromatic rings. The fourth-order valence-corrected chi connectivity index (χ4v) is 1.86. The zero-order valence-electron chi connectivity index (χ0n) is 12.4. The second-order valence-electron chi connectivity index (χ2n) is 6.33. The van der Waals surface area contributed by atoms with Gasteiger partial charge in [-0.05, 0) is 24.3 Å². The minimum Gasteiger partial charge on any atom is -0.353 e. The molecule has 2 atom stereocenters. The molecule has 106 valence electrons. The van der Waals surface area contributed by atoms with E-state index in [4.69, 9.17) is 5.73 Å². The number of nitrogens with one attached hydrogen (secondary N) is 1. The first-order valence-electron chi connectivity index (χ1n) is 6.88. The number of benzene rings is 1. The number of hydrogen-bond acceptors (Lipinski definition) is 2. The van der Waals surface area contributed by atoms with Crippen LogP contribution in [0.3, 0.4) is 0 Å². The van der Waals surface area contributed by atoms with Crippen molar-refractivity contribution in [2.75, 3.05) is 0 Å². The Labute approximate surface area is 116 Å². The van der Waals surface area contributed by atoms with Crippen molar-refractivity contribution in [1.29, 1.82) is 0 Å². The topological polar surface area (TPSA) is 55.1 Å². The highest BCUT2D eigenvalue weighted by molar-refractivity contribution is 5.77. The Balaban J connectivity index is 2.40. The summed E-state index contributed by atoms with van der Waals surface area (Å²) in [6.07, 6.45) is 1.22. The fourth-order valence-electron chi connectivity index (χ4n) is 1.86. The zero-order valence-corrected chi connectivity index (χ0v) is 12.4.